The smallest absolute Gasteiger partial charge is 0.0853 e. The summed E-state index contributed by atoms with van der Waals surface area (Å²) in [4.78, 5) is 2.23. The number of aliphatic hydroxyl groups excluding tert-OH is 1. The molecule has 1 N–H and O–H groups in total. The summed E-state index contributed by atoms with van der Waals surface area (Å²) >= 11 is 0. The highest BCUT2D eigenvalue weighted by atomic mass is 16.3. The maximum absolute atomic E-state index is 10.4. The summed E-state index contributed by atoms with van der Waals surface area (Å²) in [5.41, 5.74) is 0.864. The average Bonchev–Trinajstić information content (AvgIpc) is 2.28. The zero-order valence-corrected chi connectivity index (χ0v) is 10.8. The number of aliphatic hydroxyl groups is 1. The highest BCUT2D eigenvalue weighted by Gasteiger charge is 2.29. The molecule has 0 amide bonds. The SMILES string of the molecule is CCN(C)CC(C)(C)C(O)c1ccccc1. The maximum Gasteiger partial charge on any atom is 0.0853 e. The third kappa shape index (κ3) is 3.32. The van der Waals surface area contributed by atoms with Gasteiger partial charge in [-0.05, 0) is 19.2 Å². The van der Waals surface area contributed by atoms with E-state index in [1.165, 1.54) is 0 Å². The second kappa shape index (κ2) is 5.46. The van der Waals surface area contributed by atoms with Gasteiger partial charge in [0, 0.05) is 12.0 Å². The molecule has 0 fully saturated rings. The van der Waals surface area contributed by atoms with E-state index >= 15 is 0 Å². The molecule has 0 bridgehead atoms. The molecule has 1 aromatic carbocycles. The maximum atomic E-state index is 10.4. The van der Waals surface area contributed by atoms with Crippen LogP contribution in [0.15, 0.2) is 30.3 Å². The molecule has 90 valence electrons. The standard InChI is InChI=1S/C14H23NO/c1-5-15(4)11-14(2,3)13(16)12-9-7-6-8-10-12/h6-10,13,16H,5,11H2,1-4H3. The zero-order chi connectivity index (χ0) is 12.2. The Balaban J connectivity index is 2.75. The van der Waals surface area contributed by atoms with Crippen LogP contribution in [0, 0.1) is 5.41 Å². The first-order valence-electron chi connectivity index (χ1n) is 5.89. The Morgan fingerprint density at radius 2 is 1.81 bits per heavy atom. The summed E-state index contributed by atoms with van der Waals surface area (Å²) in [7, 11) is 2.08. The largest absolute Gasteiger partial charge is 0.388 e. The fourth-order valence-electron chi connectivity index (χ4n) is 1.98. The molecule has 0 radical (unpaired) electrons. The quantitative estimate of drug-likeness (QED) is 0.826. The summed E-state index contributed by atoms with van der Waals surface area (Å²) in [6, 6.07) is 9.88. The van der Waals surface area contributed by atoms with Gasteiger partial charge in [0.05, 0.1) is 6.10 Å². The van der Waals surface area contributed by atoms with Crippen molar-refractivity contribution in [2.45, 2.75) is 26.9 Å². The molecule has 2 nitrogen and oxygen atoms in total. The van der Waals surface area contributed by atoms with Gasteiger partial charge in [0.15, 0.2) is 0 Å². The van der Waals surface area contributed by atoms with Crippen LogP contribution in [-0.2, 0) is 0 Å². The topological polar surface area (TPSA) is 23.5 Å². The molecule has 2 heteroatoms. The number of benzene rings is 1. The van der Waals surface area contributed by atoms with E-state index in [0.29, 0.717) is 0 Å². The highest BCUT2D eigenvalue weighted by molar-refractivity contribution is 5.19. The Kier molecular flexibility index (Phi) is 4.51. The van der Waals surface area contributed by atoms with Crippen LogP contribution >= 0.6 is 0 Å². The molecule has 0 aliphatic carbocycles. The zero-order valence-electron chi connectivity index (χ0n) is 10.8. The van der Waals surface area contributed by atoms with Gasteiger partial charge in [0.25, 0.3) is 0 Å². The van der Waals surface area contributed by atoms with Crippen LogP contribution in [0.1, 0.15) is 32.4 Å². The van der Waals surface area contributed by atoms with E-state index in [4.69, 9.17) is 0 Å². The van der Waals surface area contributed by atoms with Gasteiger partial charge in [0.2, 0.25) is 0 Å². The number of nitrogens with zero attached hydrogens (tertiary/aromatic N) is 1. The van der Waals surface area contributed by atoms with Crippen molar-refractivity contribution in [1.29, 1.82) is 0 Å². The minimum atomic E-state index is -0.414. The molecule has 0 aromatic heterocycles. The Labute approximate surface area is 98.9 Å². The molecule has 0 aliphatic rings. The fourth-order valence-corrected chi connectivity index (χ4v) is 1.98. The van der Waals surface area contributed by atoms with Gasteiger partial charge >= 0.3 is 0 Å². The predicted octanol–water partition coefficient (Wildman–Crippen LogP) is 2.70. The minimum absolute atomic E-state index is 0.133. The van der Waals surface area contributed by atoms with Crippen LogP contribution in [0.2, 0.25) is 0 Å². The van der Waals surface area contributed by atoms with Gasteiger partial charge in [-0.25, -0.2) is 0 Å². The molecule has 1 unspecified atom stereocenters. The average molecular weight is 221 g/mol. The normalized spacial score (nSPS) is 14.1. The molecule has 16 heavy (non-hydrogen) atoms. The first-order chi connectivity index (χ1) is 7.47. The lowest BCUT2D eigenvalue weighted by Crippen LogP contribution is -2.35. The van der Waals surface area contributed by atoms with Crippen molar-refractivity contribution in [1.82, 2.24) is 4.90 Å². The lowest BCUT2D eigenvalue weighted by Gasteiger charge is -2.34. The second-order valence-electron chi connectivity index (χ2n) is 5.13. The summed E-state index contributed by atoms with van der Waals surface area (Å²) in [6.07, 6.45) is -0.414. The summed E-state index contributed by atoms with van der Waals surface area (Å²) in [5, 5.41) is 10.4. The van der Waals surface area contributed by atoms with E-state index in [9.17, 15) is 5.11 Å². The van der Waals surface area contributed by atoms with Crippen molar-refractivity contribution >= 4 is 0 Å². The molecule has 0 saturated heterocycles. The van der Waals surface area contributed by atoms with Crippen molar-refractivity contribution in [3.8, 4) is 0 Å². The van der Waals surface area contributed by atoms with Gasteiger partial charge < -0.3 is 10.0 Å². The Morgan fingerprint density at radius 3 is 2.31 bits per heavy atom. The Hall–Kier alpha value is -0.860. The van der Waals surface area contributed by atoms with Crippen molar-refractivity contribution < 1.29 is 5.11 Å². The van der Waals surface area contributed by atoms with Crippen molar-refractivity contribution in [2.75, 3.05) is 20.1 Å². The van der Waals surface area contributed by atoms with E-state index in [1.54, 1.807) is 0 Å². The van der Waals surface area contributed by atoms with Crippen molar-refractivity contribution in [3.05, 3.63) is 35.9 Å². The fraction of sp³-hybridized carbons (Fsp3) is 0.571. The van der Waals surface area contributed by atoms with E-state index < -0.39 is 6.10 Å². The molecule has 0 aliphatic heterocycles. The van der Waals surface area contributed by atoms with Gasteiger partial charge in [-0.1, -0.05) is 51.1 Å². The van der Waals surface area contributed by atoms with E-state index in [2.05, 4.69) is 32.7 Å². The van der Waals surface area contributed by atoms with Crippen molar-refractivity contribution in [3.63, 3.8) is 0 Å². The van der Waals surface area contributed by atoms with E-state index in [1.807, 2.05) is 30.3 Å². The summed E-state index contributed by atoms with van der Waals surface area (Å²) < 4.78 is 0. The lowest BCUT2D eigenvalue weighted by molar-refractivity contribution is 0.0269. The molecule has 0 spiro atoms. The van der Waals surface area contributed by atoms with Crippen LogP contribution in [-0.4, -0.2) is 30.1 Å². The second-order valence-corrected chi connectivity index (χ2v) is 5.13. The lowest BCUT2D eigenvalue weighted by atomic mass is 9.82. The van der Waals surface area contributed by atoms with Crippen molar-refractivity contribution in [2.24, 2.45) is 5.41 Å². The number of hydrogen-bond acceptors (Lipinski definition) is 2. The molecule has 0 heterocycles. The number of rotatable bonds is 5. The molecule has 1 rings (SSSR count). The van der Waals surface area contributed by atoms with Crippen LogP contribution in [0.3, 0.4) is 0 Å². The molecular weight excluding hydrogens is 198 g/mol. The van der Waals surface area contributed by atoms with Gasteiger partial charge in [-0.3, -0.25) is 0 Å². The minimum Gasteiger partial charge on any atom is -0.388 e. The van der Waals surface area contributed by atoms with Gasteiger partial charge in [-0.2, -0.15) is 0 Å². The van der Waals surface area contributed by atoms with E-state index in [-0.39, 0.29) is 5.41 Å². The Bertz CT molecular complexity index is 308. The first-order valence-corrected chi connectivity index (χ1v) is 5.89. The Morgan fingerprint density at radius 1 is 1.25 bits per heavy atom. The summed E-state index contributed by atoms with van der Waals surface area (Å²) in [5.74, 6) is 0. The predicted molar refractivity (Wildman–Crippen MR) is 68.4 cm³/mol. The molecular formula is C14H23NO. The number of hydrogen-bond donors (Lipinski definition) is 1. The third-order valence-electron chi connectivity index (χ3n) is 3.07. The van der Waals surface area contributed by atoms with Crippen LogP contribution in [0.5, 0.6) is 0 Å². The molecule has 1 aromatic rings. The first kappa shape index (κ1) is 13.2. The van der Waals surface area contributed by atoms with E-state index in [0.717, 1.165) is 18.7 Å². The van der Waals surface area contributed by atoms with Gasteiger partial charge in [-0.15, -0.1) is 0 Å². The van der Waals surface area contributed by atoms with Crippen LogP contribution in [0.25, 0.3) is 0 Å². The van der Waals surface area contributed by atoms with Crippen LogP contribution in [0.4, 0.5) is 0 Å². The molecule has 1 atom stereocenters. The highest BCUT2D eigenvalue weighted by Crippen LogP contribution is 2.33. The summed E-state index contributed by atoms with van der Waals surface area (Å²) in [6.45, 7) is 8.24. The van der Waals surface area contributed by atoms with Crippen LogP contribution < -0.4 is 0 Å². The third-order valence-corrected chi connectivity index (χ3v) is 3.07. The molecule has 0 saturated carbocycles. The van der Waals surface area contributed by atoms with Gasteiger partial charge in [0.1, 0.15) is 0 Å². The monoisotopic (exact) mass is 221 g/mol.